The van der Waals surface area contributed by atoms with E-state index in [2.05, 4.69) is 31.0 Å². The molecule has 0 spiro atoms. The van der Waals surface area contributed by atoms with Crippen molar-refractivity contribution < 1.29 is 19.1 Å². The minimum Gasteiger partial charge on any atom is -0.463 e. The number of carbonyl (C=O) groups is 3. The van der Waals surface area contributed by atoms with Crippen LogP contribution in [0, 0.1) is 0 Å². The standard InChI is InChI=1S/C25H36N4O4/c1-7-33-23(31)21-20(16-28-12-14-29(15-13-28)17(2)30)27(6)24(32)26-22(21)18-8-10-19(11-9-18)25(3,4)5/h8-11,22H,7,12-16H2,1-6H3,(H,26,32). The lowest BCUT2D eigenvalue weighted by Gasteiger charge is -2.39. The molecule has 33 heavy (non-hydrogen) atoms. The molecular weight excluding hydrogens is 420 g/mol. The summed E-state index contributed by atoms with van der Waals surface area (Å²) >= 11 is 0. The summed E-state index contributed by atoms with van der Waals surface area (Å²) in [5.41, 5.74) is 3.11. The van der Waals surface area contributed by atoms with Gasteiger partial charge in [0.15, 0.2) is 0 Å². The lowest BCUT2D eigenvalue weighted by atomic mass is 9.85. The molecule has 0 aromatic heterocycles. The van der Waals surface area contributed by atoms with E-state index in [-0.39, 0.29) is 24.0 Å². The van der Waals surface area contributed by atoms with Crippen molar-refractivity contribution in [3.8, 4) is 0 Å². The molecule has 2 aliphatic heterocycles. The Kier molecular flexibility index (Phi) is 7.47. The molecule has 1 fully saturated rings. The highest BCUT2D eigenvalue weighted by Crippen LogP contribution is 2.33. The molecule has 1 aromatic carbocycles. The van der Waals surface area contributed by atoms with Crippen LogP contribution in [-0.2, 0) is 19.7 Å². The molecule has 180 valence electrons. The minimum atomic E-state index is -0.588. The summed E-state index contributed by atoms with van der Waals surface area (Å²) in [6.45, 7) is 13.1. The lowest BCUT2D eigenvalue weighted by Crippen LogP contribution is -2.52. The van der Waals surface area contributed by atoms with E-state index in [0.717, 1.165) is 5.56 Å². The molecule has 0 bridgehead atoms. The number of esters is 1. The van der Waals surface area contributed by atoms with Gasteiger partial charge in [-0.05, 0) is 23.5 Å². The summed E-state index contributed by atoms with van der Waals surface area (Å²) in [6.07, 6.45) is 0. The Morgan fingerprint density at radius 3 is 2.21 bits per heavy atom. The first kappa shape index (κ1) is 24.8. The average Bonchev–Trinajstić information content (AvgIpc) is 2.76. The molecule has 2 aliphatic rings. The first-order chi connectivity index (χ1) is 15.5. The third-order valence-corrected chi connectivity index (χ3v) is 6.37. The van der Waals surface area contributed by atoms with Crippen molar-refractivity contribution in [2.75, 3.05) is 46.4 Å². The van der Waals surface area contributed by atoms with Gasteiger partial charge in [0.2, 0.25) is 5.91 Å². The number of piperazine rings is 1. The molecule has 1 atom stereocenters. The minimum absolute atomic E-state index is 0.00154. The second kappa shape index (κ2) is 9.95. The highest BCUT2D eigenvalue weighted by Gasteiger charge is 2.37. The van der Waals surface area contributed by atoms with Crippen LogP contribution in [0.5, 0.6) is 0 Å². The summed E-state index contributed by atoms with van der Waals surface area (Å²) in [4.78, 5) is 43.2. The molecule has 0 aliphatic carbocycles. The van der Waals surface area contributed by atoms with Gasteiger partial charge in [-0.3, -0.25) is 14.6 Å². The maximum absolute atomic E-state index is 13.1. The van der Waals surface area contributed by atoms with E-state index in [4.69, 9.17) is 4.74 Å². The second-order valence-corrected chi connectivity index (χ2v) is 9.68. The van der Waals surface area contributed by atoms with Crippen LogP contribution in [0.1, 0.15) is 51.8 Å². The average molecular weight is 457 g/mol. The third kappa shape index (κ3) is 5.55. The van der Waals surface area contributed by atoms with Gasteiger partial charge in [-0.1, -0.05) is 45.0 Å². The molecule has 1 N–H and O–H groups in total. The van der Waals surface area contributed by atoms with Crippen LogP contribution in [0.2, 0.25) is 0 Å². The predicted molar refractivity (Wildman–Crippen MR) is 127 cm³/mol. The summed E-state index contributed by atoms with van der Waals surface area (Å²) in [5, 5.41) is 2.98. The van der Waals surface area contributed by atoms with Crippen molar-refractivity contribution in [3.05, 3.63) is 46.7 Å². The lowest BCUT2D eigenvalue weighted by molar-refractivity contribution is -0.139. The Morgan fingerprint density at radius 2 is 1.70 bits per heavy atom. The van der Waals surface area contributed by atoms with Crippen LogP contribution in [0.4, 0.5) is 4.79 Å². The Labute approximate surface area is 196 Å². The van der Waals surface area contributed by atoms with Crippen molar-refractivity contribution in [1.29, 1.82) is 0 Å². The monoisotopic (exact) mass is 456 g/mol. The first-order valence-corrected chi connectivity index (χ1v) is 11.6. The zero-order valence-corrected chi connectivity index (χ0v) is 20.6. The number of carbonyl (C=O) groups excluding carboxylic acids is 3. The number of benzene rings is 1. The summed E-state index contributed by atoms with van der Waals surface area (Å²) in [5.74, 6) is -0.361. The molecule has 0 radical (unpaired) electrons. The van der Waals surface area contributed by atoms with E-state index in [1.54, 1.807) is 20.9 Å². The van der Waals surface area contributed by atoms with Gasteiger partial charge in [0.25, 0.3) is 0 Å². The van der Waals surface area contributed by atoms with E-state index in [1.165, 1.54) is 10.5 Å². The van der Waals surface area contributed by atoms with Crippen molar-refractivity contribution in [2.45, 2.75) is 46.1 Å². The maximum Gasteiger partial charge on any atom is 0.338 e. The highest BCUT2D eigenvalue weighted by atomic mass is 16.5. The van der Waals surface area contributed by atoms with Crippen LogP contribution in [0.25, 0.3) is 0 Å². The summed E-state index contributed by atoms with van der Waals surface area (Å²) < 4.78 is 5.42. The molecule has 8 nitrogen and oxygen atoms in total. The number of nitrogens with one attached hydrogen (secondary N) is 1. The van der Waals surface area contributed by atoms with Crippen molar-refractivity contribution >= 4 is 17.9 Å². The van der Waals surface area contributed by atoms with Crippen molar-refractivity contribution in [3.63, 3.8) is 0 Å². The smallest absolute Gasteiger partial charge is 0.338 e. The number of amides is 3. The van der Waals surface area contributed by atoms with Crippen LogP contribution in [0.15, 0.2) is 35.5 Å². The molecule has 3 rings (SSSR count). The normalized spacial score (nSPS) is 20.1. The maximum atomic E-state index is 13.1. The molecule has 2 heterocycles. The fourth-order valence-corrected chi connectivity index (χ4v) is 4.26. The van der Waals surface area contributed by atoms with Crippen LogP contribution in [-0.4, -0.2) is 79.0 Å². The molecule has 8 heteroatoms. The van der Waals surface area contributed by atoms with Gasteiger partial charge in [-0.25, -0.2) is 9.59 Å². The number of rotatable bonds is 5. The van der Waals surface area contributed by atoms with E-state index in [9.17, 15) is 14.4 Å². The molecule has 0 saturated carbocycles. The molecule has 1 saturated heterocycles. The third-order valence-electron chi connectivity index (χ3n) is 6.37. The van der Waals surface area contributed by atoms with Gasteiger partial charge in [-0.15, -0.1) is 0 Å². The number of urea groups is 1. The van der Waals surface area contributed by atoms with E-state index >= 15 is 0 Å². The van der Waals surface area contributed by atoms with Crippen molar-refractivity contribution in [2.24, 2.45) is 0 Å². The number of nitrogens with zero attached hydrogens (tertiary/aromatic N) is 3. The number of likely N-dealkylation sites (N-methyl/N-ethyl adjacent to an activating group) is 1. The second-order valence-electron chi connectivity index (χ2n) is 9.68. The molecule has 1 unspecified atom stereocenters. The zero-order chi connectivity index (χ0) is 24.3. The fourth-order valence-electron chi connectivity index (χ4n) is 4.26. The molecule has 1 aromatic rings. The molecular formula is C25H36N4O4. The number of hydrogen-bond acceptors (Lipinski definition) is 5. The van der Waals surface area contributed by atoms with Crippen LogP contribution in [0.3, 0.4) is 0 Å². The van der Waals surface area contributed by atoms with E-state index in [1.807, 2.05) is 29.2 Å². The van der Waals surface area contributed by atoms with Gasteiger partial charge >= 0.3 is 12.0 Å². The van der Waals surface area contributed by atoms with Crippen LogP contribution >= 0.6 is 0 Å². The SMILES string of the molecule is CCOC(=O)C1=C(CN2CCN(C(C)=O)CC2)N(C)C(=O)NC1c1ccc(C(C)(C)C)cc1. The van der Waals surface area contributed by atoms with Crippen molar-refractivity contribution in [1.82, 2.24) is 20.0 Å². The largest absolute Gasteiger partial charge is 0.463 e. The first-order valence-electron chi connectivity index (χ1n) is 11.6. The quantitative estimate of drug-likeness (QED) is 0.689. The Bertz CT molecular complexity index is 925. The summed E-state index contributed by atoms with van der Waals surface area (Å²) in [7, 11) is 1.68. The van der Waals surface area contributed by atoms with Crippen LogP contribution < -0.4 is 5.32 Å². The van der Waals surface area contributed by atoms with Gasteiger partial charge in [0.1, 0.15) is 0 Å². The predicted octanol–water partition coefficient (Wildman–Crippen LogP) is 2.66. The Balaban J connectivity index is 1.97. The van der Waals surface area contributed by atoms with E-state index < -0.39 is 12.0 Å². The topological polar surface area (TPSA) is 82.2 Å². The Hall–Kier alpha value is -2.87. The fraction of sp³-hybridized carbons (Fsp3) is 0.560. The van der Waals surface area contributed by atoms with Gasteiger partial charge in [0, 0.05) is 52.4 Å². The van der Waals surface area contributed by atoms with Gasteiger partial charge in [0.05, 0.1) is 18.2 Å². The highest BCUT2D eigenvalue weighted by molar-refractivity contribution is 5.95. The van der Waals surface area contributed by atoms with Gasteiger partial charge in [-0.2, -0.15) is 0 Å². The Morgan fingerprint density at radius 1 is 1.09 bits per heavy atom. The zero-order valence-electron chi connectivity index (χ0n) is 20.6. The summed E-state index contributed by atoms with van der Waals surface area (Å²) in [6, 6.07) is 7.19. The molecule has 3 amide bonds. The number of hydrogen-bond donors (Lipinski definition) is 1. The number of ether oxygens (including phenoxy) is 1. The van der Waals surface area contributed by atoms with Gasteiger partial charge < -0.3 is 15.0 Å². The van der Waals surface area contributed by atoms with E-state index in [0.29, 0.717) is 44.0 Å².